The predicted molar refractivity (Wildman–Crippen MR) is 90.6 cm³/mol. The summed E-state index contributed by atoms with van der Waals surface area (Å²) in [5.41, 5.74) is 3.89. The van der Waals surface area contributed by atoms with Crippen LogP contribution in [0.3, 0.4) is 0 Å². The number of hydrogen-bond acceptors (Lipinski definition) is 1. The molecule has 0 aliphatic rings. The van der Waals surface area contributed by atoms with Crippen LogP contribution in [0.15, 0.2) is 12.1 Å². The normalized spacial score (nSPS) is 12.9. The molecule has 1 aromatic carbocycles. The maximum atomic E-state index is 6.54. The molecule has 0 amide bonds. The lowest BCUT2D eigenvalue weighted by Crippen LogP contribution is -2.28. The number of benzene rings is 1. The molecule has 0 spiro atoms. The highest BCUT2D eigenvalue weighted by atomic mass is 35.5. The molecule has 0 bridgehead atoms. The van der Waals surface area contributed by atoms with E-state index in [0.717, 1.165) is 11.6 Å². The monoisotopic (exact) mass is 295 g/mol. The summed E-state index contributed by atoms with van der Waals surface area (Å²) in [4.78, 5) is 0. The van der Waals surface area contributed by atoms with Gasteiger partial charge in [0.2, 0.25) is 0 Å². The molecule has 1 unspecified atom stereocenters. The second-order valence-electron chi connectivity index (χ2n) is 5.83. The molecule has 1 atom stereocenters. The Morgan fingerprint density at radius 2 is 1.55 bits per heavy atom. The van der Waals surface area contributed by atoms with E-state index < -0.39 is 0 Å². The zero-order valence-electron chi connectivity index (χ0n) is 13.7. The van der Waals surface area contributed by atoms with E-state index in [4.69, 9.17) is 11.6 Å². The molecule has 0 aliphatic carbocycles. The van der Waals surface area contributed by atoms with Crippen molar-refractivity contribution < 1.29 is 0 Å². The summed E-state index contributed by atoms with van der Waals surface area (Å²) in [5, 5.41) is 4.58. The van der Waals surface area contributed by atoms with Gasteiger partial charge in [0.05, 0.1) is 0 Å². The molecule has 0 saturated carbocycles. The average Bonchev–Trinajstić information content (AvgIpc) is 2.40. The standard InChI is InChI=1S/C18H30ClN/c1-6-9-15(10-7-2)18(20-8-3)16-11-13(4)14(5)12-17(16)19/h11-12,15,18,20H,6-10H2,1-5H3. The van der Waals surface area contributed by atoms with Gasteiger partial charge in [0.25, 0.3) is 0 Å². The largest absolute Gasteiger partial charge is 0.310 e. The number of hydrogen-bond donors (Lipinski definition) is 1. The number of rotatable bonds is 8. The van der Waals surface area contributed by atoms with Gasteiger partial charge in [-0.05, 0) is 61.9 Å². The molecule has 1 rings (SSSR count). The molecule has 0 heterocycles. The first-order valence-corrected chi connectivity index (χ1v) is 8.42. The Kier molecular flexibility index (Phi) is 7.61. The highest BCUT2D eigenvalue weighted by Crippen LogP contribution is 2.35. The van der Waals surface area contributed by atoms with Crippen LogP contribution in [0, 0.1) is 19.8 Å². The average molecular weight is 296 g/mol. The molecule has 0 saturated heterocycles. The first-order chi connectivity index (χ1) is 9.54. The Bertz CT molecular complexity index is 408. The molecule has 0 radical (unpaired) electrons. The Morgan fingerprint density at radius 3 is 2.05 bits per heavy atom. The maximum Gasteiger partial charge on any atom is 0.0456 e. The van der Waals surface area contributed by atoms with Crippen molar-refractivity contribution >= 4 is 11.6 Å². The van der Waals surface area contributed by atoms with Crippen LogP contribution in [-0.2, 0) is 0 Å². The lowest BCUT2D eigenvalue weighted by molar-refractivity contribution is 0.320. The van der Waals surface area contributed by atoms with Gasteiger partial charge in [-0.25, -0.2) is 0 Å². The SMILES string of the molecule is CCCC(CCC)C(NCC)c1cc(C)c(C)cc1Cl. The summed E-state index contributed by atoms with van der Waals surface area (Å²) in [5.74, 6) is 0.671. The molecule has 0 fully saturated rings. The fourth-order valence-electron chi connectivity index (χ4n) is 3.01. The molecule has 0 aromatic heterocycles. The van der Waals surface area contributed by atoms with E-state index in [1.807, 2.05) is 0 Å². The second-order valence-corrected chi connectivity index (χ2v) is 6.24. The Hall–Kier alpha value is -0.530. The number of nitrogens with one attached hydrogen (secondary N) is 1. The summed E-state index contributed by atoms with van der Waals surface area (Å²) < 4.78 is 0. The summed E-state index contributed by atoms with van der Waals surface area (Å²) in [6.07, 6.45) is 4.98. The van der Waals surface area contributed by atoms with Crippen LogP contribution >= 0.6 is 11.6 Å². The van der Waals surface area contributed by atoms with Crippen molar-refractivity contribution in [1.29, 1.82) is 0 Å². The van der Waals surface area contributed by atoms with Crippen molar-refractivity contribution in [2.24, 2.45) is 5.92 Å². The van der Waals surface area contributed by atoms with Gasteiger partial charge in [-0.3, -0.25) is 0 Å². The van der Waals surface area contributed by atoms with Crippen molar-refractivity contribution in [2.45, 2.75) is 66.3 Å². The van der Waals surface area contributed by atoms with E-state index >= 15 is 0 Å². The Balaban J connectivity index is 3.13. The van der Waals surface area contributed by atoms with Crippen LogP contribution < -0.4 is 5.32 Å². The van der Waals surface area contributed by atoms with Crippen molar-refractivity contribution in [3.05, 3.63) is 33.8 Å². The van der Waals surface area contributed by atoms with E-state index in [1.165, 1.54) is 42.4 Å². The van der Waals surface area contributed by atoms with E-state index in [1.54, 1.807) is 0 Å². The highest BCUT2D eigenvalue weighted by Gasteiger charge is 2.23. The van der Waals surface area contributed by atoms with Crippen molar-refractivity contribution in [3.63, 3.8) is 0 Å². The smallest absolute Gasteiger partial charge is 0.0456 e. The van der Waals surface area contributed by atoms with Gasteiger partial charge in [-0.2, -0.15) is 0 Å². The highest BCUT2D eigenvalue weighted by molar-refractivity contribution is 6.31. The number of halogens is 1. The van der Waals surface area contributed by atoms with Crippen LogP contribution in [0.2, 0.25) is 5.02 Å². The van der Waals surface area contributed by atoms with Gasteiger partial charge in [-0.15, -0.1) is 0 Å². The second kappa shape index (κ2) is 8.69. The lowest BCUT2D eigenvalue weighted by Gasteiger charge is -2.29. The summed E-state index contributed by atoms with van der Waals surface area (Å²) in [6, 6.07) is 4.78. The van der Waals surface area contributed by atoms with Crippen molar-refractivity contribution in [2.75, 3.05) is 6.54 Å². The molecule has 0 aliphatic heterocycles. The third kappa shape index (κ3) is 4.49. The third-order valence-electron chi connectivity index (χ3n) is 4.16. The molecule has 1 nitrogen and oxygen atoms in total. The quantitative estimate of drug-likeness (QED) is 0.637. The topological polar surface area (TPSA) is 12.0 Å². The molecular formula is C18H30ClN. The van der Waals surface area contributed by atoms with Crippen molar-refractivity contribution in [3.8, 4) is 0 Å². The first kappa shape index (κ1) is 17.5. The fourth-order valence-corrected chi connectivity index (χ4v) is 3.35. The van der Waals surface area contributed by atoms with Gasteiger partial charge in [0.15, 0.2) is 0 Å². The van der Waals surface area contributed by atoms with E-state index in [2.05, 4.69) is 52.1 Å². The minimum absolute atomic E-state index is 0.381. The van der Waals surface area contributed by atoms with Crippen LogP contribution in [0.25, 0.3) is 0 Å². The fraction of sp³-hybridized carbons (Fsp3) is 0.667. The van der Waals surface area contributed by atoms with E-state index in [0.29, 0.717) is 12.0 Å². The first-order valence-electron chi connectivity index (χ1n) is 8.05. The van der Waals surface area contributed by atoms with Crippen LogP contribution in [0.1, 0.15) is 69.2 Å². The van der Waals surface area contributed by atoms with Gasteiger partial charge in [-0.1, -0.05) is 51.3 Å². The zero-order valence-corrected chi connectivity index (χ0v) is 14.5. The van der Waals surface area contributed by atoms with Crippen molar-refractivity contribution in [1.82, 2.24) is 5.32 Å². The molecule has 114 valence electrons. The molecule has 2 heteroatoms. The lowest BCUT2D eigenvalue weighted by atomic mass is 9.85. The maximum absolute atomic E-state index is 6.54. The molecule has 20 heavy (non-hydrogen) atoms. The third-order valence-corrected chi connectivity index (χ3v) is 4.49. The van der Waals surface area contributed by atoms with Crippen LogP contribution in [0.4, 0.5) is 0 Å². The van der Waals surface area contributed by atoms with E-state index in [-0.39, 0.29) is 0 Å². The number of aryl methyl sites for hydroxylation is 2. The Morgan fingerprint density at radius 1 is 1.00 bits per heavy atom. The van der Waals surface area contributed by atoms with E-state index in [9.17, 15) is 0 Å². The molecular weight excluding hydrogens is 266 g/mol. The summed E-state index contributed by atoms with van der Waals surface area (Å²) >= 11 is 6.54. The molecule has 1 N–H and O–H groups in total. The Labute approximate surface area is 130 Å². The van der Waals surface area contributed by atoms with Gasteiger partial charge in [0.1, 0.15) is 0 Å². The van der Waals surface area contributed by atoms with Crippen LogP contribution in [-0.4, -0.2) is 6.54 Å². The van der Waals surface area contributed by atoms with Gasteiger partial charge < -0.3 is 5.32 Å². The van der Waals surface area contributed by atoms with Crippen LogP contribution in [0.5, 0.6) is 0 Å². The predicted octanol–water partition coefficient (Wildman–Crippen LogP) is 5.82. The minimum Gasteiger partial charge on any atom is -0.310 e. The zero-order chi connectivity index (χ0) is 15.1. The molecule has 1 aromatic rings. The van der Waals surface area contributed by atoms with Gasteiger partial charge in [0, 0.05) is 11.1 Å². The summed E-state index contributed by atoms with van der Waals surface area (Å²) in [6.45, 7) is 12.0. The minimum atomic E-state index is 0.381. The summed E-state index contributed by atoms with van der Waals surface area (Å²) in [7, 11) is 0. The van der Waals surface area contributed by atoms with Gasteiger partial charge >= 0.3 is 0 Å².